The van der Waals surface area contributed by atoms with Gasteiger partial charge >= 0.3 is 0 Å². The SMILES string of the molecule is CNC(c1ccn(CCCS(C)(=O)=O)c1)C1CC1. The zero-order valence-electron chi connectivity index (χ0n) is 11.1. The lowest BCUT2D eigenvalue weighted by Gasteiger charge is -2.13. The van der Waals surface area contributed by atoms with Gasteiger partial charge in [-0.25, -0.2) is 8.42 Å². The number of hydrogen-bond acceptors (Lipinski definition) is 3. The highest BCUT2D eigenvalue weighted by Gasteiger charge is 2.31. The Morgan fingerprint density at radius 2 is 2.22 bits per heavy atom. The highest BCUT2D eigenvalue weighted by molar-refractivity contribution is 7.90. The lowest BCUT2D eigenvalue weighted by atomic mass is 10.1. The third-order valence-corrected chi connectivity index (χ3v) is 4.50. The predicted molar refractivity (Wildman–Crippen MR) is 73.3 cm³/mol. The molecule has 0 aromatic carbocycles. The fourth-order valence-corrected chi connectivity index (χ4v) is 3.05. The van der Waals surface area contributed by atoms with E-state index in [1.807, 2.05) is 13.2 Å². The second-order valence-corrected chi connectivity index (χ2v) is 7.53. The van der Waals surface area contributed by atoms with Crippen LogP contribution in [0.3, 0.4) is 0 Å². The van der Waals surface area contributed by atoms with Crippen LogP contribution >= 0.6 is 0 Å². The maximum Gasteiger partial charge on any atom is 0.147 e. The van der Waals surface area contributed by atoms with Crippen LogP contribution in [0.15, 0.2) is 18.5 Å². The van der Waals surface area contributed by atoms with Crippen molar-refractivity contribution < 1.29 is 8.42 Å². The molecule has 1 heterocycles. The molecule has 1 aromatic rings. The van der Waals surface area contributed by atoms with Crippen molar-refractivity contribution in [2.45, 2.75) is 31.8 Å². The van der Waals surface area contributed by atoms with E-state index in [9.17, 15) is 8.42 Å². The van der Waals surface area contributed by atoms with E-state index in [2.05, 4.69) is 22.1 Å². The van der Waals surface area contributed by atoms with E-state index >= 15 is 0 Å². The summed E-state index contributed by atoms with van der Waals surface area (Å²) in [6, 6.07) is 2.60. The molecule has 0 saturated heterocycles. The number of rotatable bonds is 7. The lowest BCUT2D eigenvalue weighted by Crippen LogP contribution is -2.17. The molecule has 4 nitrogen and oxygen atoms in total. The monoisotopic (exact) mass is 270 g/mol. The van der Waals surface area contributed by atoms with Crippen LogP contribution < -0.4 is 5.32 Å². The Hall–Kier alpha value is -0.810. The van der Waals surface area contributed by atoms with Crippen LogP contribution in [0.2, 0.25) is 0 Å². The van der Waals surface area contributed by atoms with Crippen molar-refractivity contribution in [1.82, 2.24) is 9.88 Å². The summed E-state index contributed by atoms with van der Waals surface area (Å²) in [6.45, 7) is 0.772. The molecule has 18 heavy (non-hydrogen) atoms. The average Bonchev–Trinajstić information content (AvgIpc) is 2.99. The minimum atomic E-state index is -2.84. The molecule has 0 spiro atoms. The number of nitrogens with one attached hydrogen (secondary N) is 1. The van der Waals surface area contributed by atoms with Crippen molar-refractivity contribution in [1.29, 1.82) is 0 Å². The van der Waals surface area contributed by atoms with Crippen LogP contribution in [0.4, 0.5) is 0 Å². The molecule has 102 valence electrons. The Balaban J connectivity index is 1.89. The summed E-state index contributed by atoms with van der Waals surface area (Å²) in [7, 11) is -0.834. The van der Waals surface area contributed by atoms with Crippen molar-refractivity contribution in [3.63, 3.8) is 0 Å². The van der Waals surface area contributed by atoms with E-state index in [-0.39, 0.29) is 5.75 Å². The normalized spacial score (nSPS) is 17.9. The second kappa shape index (κ2) is 5.45. The van der Waals surface area contributed by atoms with Crippen molar-refractivity contribution in [2.24, 2.45) is 5.92 Å². The molecule has 1 unspecified atom stereocenters. The van der Waals surface area contributed by atoms with Crippen LogP contribution in [0, 0.1) is 5.92 Å². The van der Waals surface area contributed by atoms with Gasteiger partial charge in [-0.2, -0.15) is 0 Å². The fraction of sp³-hybridized carbons (Fsp3) is 0.692. The van der Waals surface area contributed by atoms with Gasteiger partial charge in [-0.15, -0.1) is 0 Å². The van der Waals surface area contributed by atoms with Crippen molar-refractivity contribution in [2.75, 3.05) is 19.1 Å². The summed E-state index contributed by atoms with van der Waals surface area (Å²) in [5, 5.41) is 3.36. The van der Waals surface area contributed by atoms with Gasteiger partial charge in [0.25, 0.3) is 0 Å². The molecule has 0 aliphatic heterocycles. The molecule has 2 rings (SSSR count). The maximum atomic E-state index is 11.1. The van der Waals surface area contributed by atoms with Gasteiger partial charge < -0.3 is 9.88 Å². The van der Waals surface area contributed by atoms with Crippen LogP contribution in [0.1, 0.15) is 30.9 Å². The molecule has 1 atom stereocenters. The van der Waals surface area contributed by atoms with E-state index in [1.54, 1.807) is 0 Å². The molecule has 5 heteroatoms. The summed E-state index contributed by atoms with van der Waals surface area (Å²) >= 11 is 0. The third-order valence-electron chi connectivity index (χ3n) is 3.47. The summed E-state index contributed by atoms with van der Waals surface area (Å²) < 4.78 is 24.2. The molecule has 0 radical (unpaired) electrons. The van der Waals surface area contributed by atoms with Crippen LogP contribution in [0.5, 0.6) is 0 Å². The number of aromatic nitrogens is 1. The Bertz CT molecular complexity index is 489. The smallest absolute Gasteiger partial charge is 0.147 e. The van der Waals surface area contributed by atoms with Gasteiger partial charge in [0.05, 0.1) is 5.75 Å². The Morgan fingerprint density at radius 1 is 1.50 bits per heavy atom. The number of aryl methyl sites for hydroxylation is 1. The molecule has 1 aromatic heterocycles. The topological polar surface area (TPSA) is 51.1 Å². The Morgan fingerprint density at radius 3 is 2.78 bits per heavy atom. The van der Waals surface area contributed by atoms with Crippen molar-refractivity contribution >= 4 is 9.84 Å². The minimum Gasteiger partial charge on any atom is -0.354 e. The highest BCUT2D eigenvalue weighted by Crippen LogP contribution is 2.40. The standard InChI is InChI=1S/C13H22N2O2S/c1-14-13(11-4-5-11)12-6-8-15(10-12)7-3-9-18(2,16)17/h6,8,10-11,13-14H,3-5,7,9H2,1-2H3. The molecule has 1 aliphatic carbocycles. The Kier molecular flexibility index (Phi) is 4.12. The molecule has 1 aliphatic rings. The molecular formula is C13H22N2O2S. The van der Waals surface area contributed by atoms with Crippen LogP contribution in [-0.2, 0) is 16.4 Å². The third kappa shape index (κ3) is 3.85. The first-order chi connectivity index (χ1) is 8.49. The summed E-state index contributed by atoms with van der Waals surface area (Å²) in [6.07, 6.45) is 8.78. The van der Waals surface area contributed by atoms with Crippen LogP contribution in [-0.4, -0.2) is 32.0 Å². The van der Waals surface area contributed by atoms with Gasteiger partial charge in [0.15, 0.2) is 0 Å². The first kappa shape index (κ1) is 13.6. The molecule has 1 fully saturated rings. The lowest BCUT2D eigenvalue weighted by molar-refractivity contribution is 0.527. The Labute approximate surface area is 109 Å². The molecule has 1 N–H and O–H groups in total. The fourth-order valence-electron chi connectivity index (χ4n) is 2.40. The zero-order valence-corrected chi connectivity index (χ0v) is 11.9. The highest BCUT2D eigenvalue weighted by atomic mass is 32.2. The predicted octanol–water partition coefficient (Wildman–Crippen LogP) is 1.59. The van der Waals surface area contributed by atoms with E-state index in [1.165, 1.54) is 24.7 Å². The van der Waals surface area contributed by atoms with Gasteiger partial charge in [-0.05, 0) is 43.9 Å². The van der Waals surface area contributed by atoms with Gasteiger partial charge in [0.2, 0.25) is 0 Å². The average molecular weight is 270 g/mol. The number of nitrogens with zero attached hydrogens (tertiary/aromatic N) is 1. The van der Waals surface area contributed by atoms with E-state index in [0.29, 0.717) is 12.5 Å². The summed E-state index contributed by atoms with van der Waals surface area (Å²) in [5.41, 5.74) is 1.32. The van der Waals surface area contributed by atoms with Crippen molar-refractivity contribution in [3.05, 3.63) is 24.0 Å². The van der Waals surface area contributed by atoms with Gasteiger partial charge in [-0.1, -0.05) is 0 Å². The second-order valence-electron chi connectivity index (χ2n) is 5.27. The minimum absolute atomic E-state index is 0.262. The van der Waals surface area contributed by atoms with E-state index in [0.717, 1.165) is 12.5 Å². The summed E-state index contributed by atoms with van der Waals surface area (Å²) in [4.78, 5) is 0. The van der Waals surface area contributed by atoms with E-state index in [4.69, 9.17) is 0 Å². The first-order valence-corrected chi connectivity index (χ1v) is 8.56. The number of hydrogen-bond donors (Lipinski definition) is 1. The zero-order chi connectivity index (χ0) is 13.2. The molecular weight excluding hydrogens is 248 g/mol. The van der Waals surface area contributed by atoms with Gasteiger partial charge in [0.1, 0.15) is 9.84 Å². The van der Waals surface area contributed by atoms with Crippen LogP contribution in [0.25, 0.3) is 0 Å². The maximum absolute atomic E-state index is 11.1. The number of sulfone groups is 1. The molecule has 1 saturated carbocycles. The molecule has 0 bridgehead atoms. The van der Waals surface area contributed by atoms with Gasteiger partial charge in [0, 0.05) is 31.2 Å². The molecule has 0 amide bonds. The summed E-state index contributed by atoms with van der Waals surface area (Å²) in [5.74, 6) is 1.04. The van der Waals surface area contributed by atoms with Crippen molar-refractivity contribution in [3.8, 4) is 0 Å². The first-order valence-electron chi connectivity index (χ1n) is 6.50. The largest absolute Gasteiger partial charge is 0.354 e. The van der Waals surface area contributed by atoms with E-state index < -0.39 is 9.84 Å². The quantitative estimate of drug-likeness (QED) is 0.818. The van der Waals surface area contributed by atoms with Gasteiger partial charge in [-0.3, -0.25) is 0 Å².